The molecule has 0 radical (unpaired) electrons. The van der Waals surface area contributed by atoms with Crippen molar-refractivity contribution in [1.82, 2.24) is 0 Å². The van der Waals surface area contributed by atoms with Crippen LogP contribution in [0.3, 0.4) is 0 Å². The Labute approximate surface area is 102 Å². The third-order valence-electron chi connectivity index (χ3n) is 3.20. The van der Waals surface area contributed by atoms with Gasteiger partial charge < -0.3 is 10.6 Å². The summed E-state index contributed by atoms with van der Waals surface area (Å²) in [5, 5.41) is 0. The Kier molecular flexibility index (Phi) is 3.40. The van der Waals surface area contributed by atoms with Crippen molar-refractivity contribution in [2.75, 3.05) is 29.5 Å². The minimum absolute atomic E-state index is 0.241. The molecule has 2 N–H and O–H groups in total. The summed E-state index contributed by atoms with van der Waals surface area (Å²) in [5.74, 6) is 0.483. The first-order valence-corrected chi connectivity index (χ1v) is 7.59. The van der Waals surface area contributed by atoms with Crippen molar-refractivity contribution in [3.8, 4) is 0 Å². The molecule has 1 aromatic carbocycles. The SMILES string of the molecule is Cc1cccc(CN)c1N1CCS(=O)(=O)CC1. The number of hydrogen-bond acceptors (Lipinski definition) is 4. The standard InChI is InChI=1S/C12H18N2O2S/c1-10-3-2-4-11(9-13)12(10)14-5-7-17(15,16)8-6-14/h2-4H,5-9,13H2,1H3. The monoisotopic (exact) mass is 254 g/mol. The van der Waals surface area contributed by atoms with Crippen molar-refractivity contribution in [2.45, 2.75) is 13.5 Å². The number of nitrogens with two attached hydrogens (primary N) is 1. The van der Waals surface area contributed by atoms with Gasteiger partial charge in [0.1, 0.15) is 0 Å². The second kappa shape index (κ2) is 4.66. The van der Waals surface area contributed by atoms with Gasteiger partial charge in [0.25, 0.3) is 0 Å². The van der Waals surface area contributed by atoms with Gasteiger partial charge in [0.05, 0.1) is 11.5 Å². The number of anilines is 1. The molecule has 0 aliphatic carbocycles. The van der Waals surface area contributed by atoms with Crippen LogP contribution in [0.4, 0.5) is 5.69 Å². The summed E-state index contributed by atoms with van der Waals surface area (Å²) in [4.78, 5) is 2.14. The molecule has 0 aromatic heterocycles. The van der Waals surface area contributed by atoms with Crippen molar-refractivity contribution < 1.29 is 8.42 Å². The zero-order chi connectivity index (χ0) is 12.5. The topological polar surface area (TPSA) is 63.4 Å². The van der Waals surface area contributed by atoms with Gasteiger partial charge in [-0.05, 0) is 18.1 Å². The summed E-state index contributed by atoms with van der Waals surface area (Å²) in [7, 11) is -2.83. The first kappa shape index (κ1) is 12.4. The van der Waals surface area contributed by atoms with E-state index in [1.807, 2.05) is 25.1 Å². The molecule has 1 aromatic rings. The summed E-state index contributed by atoms with van der Waals surface area (Å²) >= 11 is 0. The fourth-order valence-corrected chi connectivity index (χ4v) is 3.47. The molecule has 1 aliphatic heterocycles. The van der Waals surface area contributed by atoms with E-state index in [0.29, 0.717) is 19.6 Å². The van der Waals surface area contributed by atoms with Gasteiger partial charge in [0, 0.05) is 25.3 Å². The molecule has 94 valence electrons. The molecule has 0 bridgehead atoms. The van der Waals surface area contributed by atoms with Crippen molar-refractivity contribution in [3.63, 3.8) is 0 Å². The van der Waals surface area contributed by atoms with E-state index in [1.165, 1.54) is 0 Å². The molecule has 2 rings (SSSR count). The summed E-state index contributed by atoms with van der Waals surface area (Å²) in [6.45, 7) is 3.66. The lowest BCUT2D eigenvalue weighted by molar-refractivity contribution is 0.586. The van der Waals surface area contributed by atoms with Crippen LogP contribution in [0.15, 0.2) is 18.2 Å². The Morgan fingerprint density at radius 1 is 1.29 bits per heavy atom. The molecule has 17 heavy (non-hydrogen) atoms. The van der Waals surface area contributed by atoms with E-state index in [2.05, 4.69) is 4.90 Å². The predicted molar refractivity (Wildman–Crippen MR) is 69.9 cm³/mol. The van der Waals surface area contributed by atoms with Crippen LogP contribution in [0.5, 0.6) is 0 Å². The van der Waals surface area contributed by atoms with Crippen LogP contribution in [0.2, 0.25) is 0 Å². The number of rotatable bonds is 2. The lowest BCUT2D eigenvalue weighted by atomic mass is 10.1. The molecule has 0 amide bonds. The first-order valence-electron chi connectivity index (χ1n) is 5.77. The van der Waals surface area contributed by atoms with E-state index in [4.69, 9.17) is 5.73 Å². The Bertz CT molecular complexity index is 497. The average molecular weight is 254 g/mol. The zero-order valence-corrected chi connectivity index (χ0v) is 10.8. The number of benzene rings is 1. The van der Waals surface area contributed by atoms with E-state index in [0.717, 1.165) is 16.8 Å². The smallest absolute Gasteiger partial charge is 0.153 e. The van der Waals surface area contributed by atoms with Gasteiger partial charge in [0.15, 0.2) is 9.84 Å². The fourth-order valence-electron chi connectivity index (χ4n) is 2.27. The third kappa shape index (κ3) is 2.61. The maximum absolute atomic E-state index is 11.4. The molecule has 1 saturated heterocycles. The highest BCUT2D eigenvalue weighted by Crippen LogP contribution is 2.26. The predicted octanol–water partition coefficient (Wildman–Crippen LogP) is 0.689. The van der Waals surface area contributed by atoms with Crippen LogP contribution in [-0.4, -0.2) is 33.0 Å². The summed E-state index contributed by atoms with van der Waals surface area (Å²) in [6.07, 6.45) is 0. The van der Waals surface area contributed by atoms with Crippen molar-refractivity contribution >= 4 is 15.5 Å². The quantitative estimate of drug-likeness (QED) is 0.843. The zero-order valence-electron chi connectivity index (χ0n) is 10.0. The highest BCUT2D eigenvalue weighted by molar-refractivity contribution is 7.91. The van der Waals surface area contributed by atoms with E-state index in [1.54, 1.807) is 0 Å². The van der Waals surface area contributed by atoms with Gasteiger partial charge in [-0.1, -0.05) is 18.2 Å². The van der Waals surface area contributed by atoms with Gasteiger partial charge in [0.2, 0.25) is 0 Å². The lowest BCUT2D eigenvalue weighted by Gasteiger charge is -2.31. The van der Waals surface area contributed by atoms with Crippen molar-refractivity contribution in [1.29, 1.82) is 0 Å². The van der Waals surface area contributed by atoms with Crippen molar-refractivity contribution in [2.24, 2.45) is 5.73 Å². The summed E-state index contributed by atoms with van der Waals surface area (Å²) in [5.41, 5.74) is 9.10. The molecule has 0 saturated carbocycles. The Balaban J connectivity index is 2.29. The number of aryl methyl sites for hydroxylation is 1. The molecule has 1 heterocycles. The van der Waals surface area contributed by atoms with E-state index < -0.39 is 9.84 Å². The van der Waals surface area contributed by atoms with Crippen molar-refractivity contribution in [3.05, 3.63) is 29.3 Å². The molecular formula is C12H18N2O2S. The largest absolute Gasteiger partial charge is 0.369 e. The number of hydrogen-bond donors (Lipinski definition) is 1. The van der Waals surface area contributed by atoms with Crippen LogP contribution in [-0.2, 0) is 16.4 Å². The Hall–Kier alpha value is -1.07. The van der Waals surface area contributed by atoms with Crippen LogP contribution >= 0.6 is 0 Å². The molecule has 1 aliphatic rings. The molecular weight excluding hydrogens is 236 g/mol. The Morgan fingerprint density at radius 3 is 2.53 bits per heavy atom. The molecule has 1 fully saturated rings. The highest BCUT2D eigenvalue weighted by Gasteiger charge is 2.23. The molecule has 0 spiro atoms. The fraction of sp³-hybridized carbons (Fsp3) is 0.500. The van der Waals surface area contributed by atoms with E-state index in [-0.39, 0.29) is 11.5 Å². The van der Waals surface area contributed by atoms with Crippen LogP contribution in [0, 0.1) is 6.92 Å². The third-order valence-corrected chi connectivity index (χ3v) is 4.81. The lowest BCUT2D eigenvalue weighted by Crippen LogP contribution is -2.41. The summed E-state index contributed by atoms with van der Waals surface area (Å²) < 4.78 is 22.8. The van der Waals surface area contributed by atoms with E-state index >= 15 is 0 Å². The van der Waals surface area contributed by atoms with Crippen LogP contribution in [0.25, 0.3) is 0 Å². The Morgan fingerprint density at radius 2 is 1.94 bits per heavy atom. The van der Waals surface area contributed by atoms with Gasteiger partial charge in [-0.25, -0.2) is 8.42 Å². The van der Waals surface area contributed by atoms with Gasteiger partial charge >= 0.3 is 0 Å². The van der Waals surface area contributed by atoms with Crippen LogP contribution in [0.1, 0.15) is 11.1 Å². The second-order valence-electron chi connectivity index (χ2n) is 4.43. The maximum Gasteiger partial charge on any atom is 0.153 e. The highest BCUT2D eigenvalue weighted by atomic mass is 32.2. The number of nitrogens with zero attached hydrogens (tertiary/aromatic N) is 1. The minimum atomic E-state index is -2.83. The van der Waals surface area contributed by atoms with Gasteiger partial charge in [-0.3, -0.25) is 0 Å². The molecule has 5 heteroatoms. The molecule has 4 nitrogen and oxygen atoms in total. The van der Waals surface area contributed by atoms with Gasteiger partial charge in [-0.2, -0.15) is 0 Å². The summed E-state index contributed by atoms with van der Waals surface area (Å²) in [6, 6.07) is 6.03. The average Bonchev–Trinajstić information content (AvgIpc) is 2.29. The minimum Gasteiger partial charge on any atom is -0.369 e. The van der Waals surface area contributed by atoms with E-state index in [9.17, 15) is 8.42 Å². The second-order valence-corrected chi connectivity index (χ2v) is 6.73. The first-order chi connectivity index (χ1) is 8.03. The number of para-hydroxylation sites is 1. The van der Waals surface area contributed by atoms with Gasteiger partial charge in [-0.15, -0.1) is 0 Å². The molecule has 0 unspecified atom stereocenters. The van der Waals surface area contributed by atoms with Crippen LogP contribution < -0.4 is 10.6 Å². The molecule has 0 atom stereocenters. The number of sulfone groups is 1. The normalized spacial score (nSPS) is 19.3. The maximum atomic E-state index is 11.4.